The second-order valence-corrected chi connectivity index (χ2v) is 13.4. The average Bonchev–Trinajstić information content (AvgIpc) is 3.59. The molecule has 0 aromatic rings. The summed E-state index contributed by atoms with van der Waals surface area (Å²) in [6.07, 6.45) is 22.2. The predicted octanol–water partition coefficient (Wildman–Crippen LogP) is 7.35. The fraction of sp³-hybridized carbons (Fsp3) is 0.943. The molecule has 3 N–H and O–H groups in total. The molecule has 0 saturated carbocycles. The summed E-state index contributed by atoms with van der Waals surface area (Å²) in [5.41, 5.74) is 0. The van der Waals surface area contributed by atoms with Gasteiger partial charge in [-0.1, -0.05) is 96.8 Å². The van der Waals surface area contributed by atoms with Crippen molar-refractivity contribution < 1.29 is 34.4 Å². The lowest BCUT2D eigenvalue weighted by Gasteiger charge is -2.23. The molecular formula is C35H64O7. The van der Waals surface area contributed by atoms with E-state index in [0.717, 1.165) is 70.6 Å². The van der Waals surface area contributed by atoms with Crippen molar-refractivity contribution in [1.82, 2.24) is 0 Å². The molecule has 0 unspecified atom stereocenters. The van der Waals surface area contributed by atoms with Gasteiger partial charge < -0.3 is 29.6 Å². The first-order chi connectivity index (χ1) is 20.3. The molecule has 0 aliphatic carbocycles. The van der Waals surface area contributed by atoms with Gasteiger partial charge in [-0.25, -0.2) is 0 Å². The largest absolute Gasteiger partial charge is 0.462 e. The Morgan fingerprint density at radius 3 is 1.86 bits per heavy atom. The van der Waals surface area contributed by atoms with Crippen molar-refractivity contribution in [2.45, 2.75) is 205 Å². The predicted molar refractivity (Wildman–Crippen MR) is 167 cm³/mol. The Balaban J connectivity index is 1.42. The van der Waals surface area contributed by atoms with E-state index in [1.807, 2.05) is 0 Å². The van der Waals surface area contributed by atoms with E-state index in [9.17, 15) is 24.9 Å². The van der Waals surface area contributed by atoms with E-state index in [1.165, 1.54) is 64.7 Å². The van der Waals surface area contributed by atoms with Crippen LogP contribution in [-0.4, -0.2) is 63.7 Å². The molecule has 2 heterocycles. The molecule has 0 spiro atoms. The van der Waals surface area contributed by atoms with Crippen LogP contribution in [-0.2, 0) is 19.1 Å². The molecule has 2 rings (SSSR count). The van der Waals surface area contributed by atoms with Crippen LogP contribution in [0.2, 0.25) is 0 Å². The van der Waals surface area contributed by atoms with Crippen molar-refractivity contribution in [3.63, 3.8) is 0 Å². The quantitative estimate of drug-likeness (QED) is 0.0707. The highest BCUT2D eigenvalue weighted by molar-refractivity contribution is 5.83. The molecule has 7 nitrogen and oxygen atoms in total. The van der Waals surface area contributed by atoms with Crippen LogP contribution >= 0.6 is 0 Å². The minimum absolute atomic E-state index is 0.0398. The second kappa shape index (κ2) is 22.5. The molecule has 2 saturated heterocycles. The third kappa shape index (κ3) is 16.2. The Labute approximate surface area is 256 Å². The summed E-state index contributed by atoms with van der Waals surface area (Å²) in [5, 5.41) is 31.6. The number of carbonyl (C=O) groups excluding carboxylic acids is 2. The van der Waals surface area contributed by atoms with Gasteiger partial charge in [-0.3, -0.25) is 4.79 Å². The third-order valence-electron chi connectivity index (χ3n) is 9.35. The van der Waals surface area contributed by atoms with Crippen molar-refractivity contribution in [3.05, 3.63) is 0 Å². The third-order valence-corrected chi connectivity index (χ3v) is 9.35. The summed E-state index contributed by atoms with van der Waals surface area (Å²) >= 11 is 0. The lowest BCUT2D eigenvalue weighted by Crippen LogP contribution is -2.31. The molecule has 0 amide bonds. The average molecular weight is 597 g/mol. The molecule has 0 bridgehead atoms. The van der Waals surface area contributed by atoms with Gasteiger partial charge in [-0.15, -0.1) is 0 Å². The number of unbranched alkanes of at least 4 members (excludes halogenated alkanes) is 13. The second-order valence-electron chi connectivity index (χ2n) is 13.4. The zero-order chi connectivity index (χ0) is 30.6. The lowest BCUT2D eigenvalue weighted by molar-refractivity contribution is -0.145. The zero-order valence-corrected chi connectivity index (χ0v) is 27.0. The van der Waals surface area contributed by atoms with Gasteiger partial charge in [0.05, 0.1) is 36.4 Å². The molecule has 7 heteroatoms. The summed E-state index contributed by atoms with van der Waals surface area (Å²) in [6.45, 7) is 3.77. The maximum absolute atomic E-state index is 11.8. The molecule has 0 radical (unpaired) electrons. The summed E-state index contributed by atoms with van der Waals surface area (Å²) in [4.78, 5) is 23.1. The number of aliphatic hydroxyl groups is 3. The number of carbonyl (C=O) groups is 2. The van der Waals surface area contributed by atoms with E-state index in [0.29, 0.717) is 25.7 Å². The number of hydrogen-bond acceptors (Lipinski definition) is 7. The van der Waals surface area contributed by atoms with Crippen LogP contribution in [0.15, 0.2) is 0 Å². The molecule has 42 heavy (non-hydrogen) atoms. The van der Waals surface area contributed by atoms with E-state index in [1.54, 1.807) is 0 Å². The number of Topliss-reactive ketones (excluding diaryl/α,β-unsaturated/α-hetero) is 1. The van der Waals surface area contributed by atoms with Crippen molar-refractivity contribution in [2.75, 3.05) is 0 Å². The van der Waals surface area contributed by atoms with Crippen LogP contribution in [0, 0.1) is 5.92 Å². The summed E-state index contributed by atoms with van der Waals surface area (Å²) in [7, 11) is 0. The normalized spacial score (nSPS) is 24.5. The van der Waals surface area contributed by atoms with Gasteiger partial charge in [0.15, 0.2) is 0 Å². The topological polar surface area (TPSA) is 113 Å². The first kappa shape index (κ1) is 37.2. The molecular weight excluding hydrogens is 532 g/mol. The minimum atomic E-state index is -0.589. The van der Waals surface area contributed by atoms with Crippen LogP contribution < -0.4 is 0 Å². The van der Waals surface area contributed by atoms with Gasteiger partial charge in [0.25, 0.3) is 0 Å². The van der Waals surface area contributed by atoms with Crippen LogP contribution in [0.3, 0.4) is 0 Å². The maximum Gasteiger partial charge on any atom is 0.309 e. The monoisotopic (exact) mass is 596 g/mol. The van der Waals surface area contributed by atoms with E-state index >= 15 is 0 Å². The highest BCUT2D eigenvalue weighted by Gasteiger charge is 2.35. The first-order valence-corrected chi connectivity index (χ1v) is 17.7. The first-order valence-electron chi connectivity index (χ1n) is 17.7. The van der Waals surface area contributed by atoms with Crippen LogP contribution in [0.5, 0.6) is 0 Å². The van der Waals surface area contributed by atoms with Gasteiger partial charge >= 0.3 is 5.97 Å². The SMILES string of the molecule is CCCCCCCCCCCC[C@@H](O)[C@H]1CC[C@H]([C@@H](O)CC[C@H](O)CCCCCCC[C@@H]2C[C@H](CC(C)=O)C(=O)O2)O1. The van der Waals surface area contributed by atoms with Gasteiger partial charge in [-0.05, 0) is 64.7 Å². The summed E-state index contributed by atoms with van der Waals surface area (Å²) in [6, 6.07) is 0. The standard InChI is InChI=1S/C35H64O7/c1-3-4-5-6-7-8-9-10-14-17-20-31(38)33-23-24-34(42-33)32(39)22-21-29(37)18-15-12-11-13-16-19-30-26-28(25-27(2)36)35(40)41-30/h28-34,37-39H,3-26H2,1-2H3/t28-,29+,30+,31+,32-,33+,34+/m0/s1. The number of hydrogen-bond donors (Lipinski definition) is 3. The summed E-state index contributed by atoms with van der Waals surface area (Å²) in [5.74, 6) is -0.426. The Kier molecular flexibility index (Phi) is 19.9. The molecule has 0 aromatic heterocycles. The van der Waals surface area contributed by atoms with E-state index < -0.39 is 18.3 Å². The van der Waals surface area contributed by atoms with Crippen LogP contribution in [0.1, 0.15) is 168 Å². The lowest BCUT2D eigenvalue weighted by atomic mass is 9.96. The Bertz CT molecular complexity index is 713. The molecule has 246 valence electrons. The fourth-order valence-corrected chi connectivity index (χ4v) is 6.67. The number of esters is 1. The smallest absolute Gasteiger partial charge is 0.309 e. The zero-order valence-electron chi connectivity index (χ0n) is 27.0. The van der Waals surface area contributed by atoms with Gasteiger partial charge in [-0.2, -0.15) is 0 Å². The fourth-order valence-electron chi connectivity index (χ4n) is 6.67. The highest BCUT2D eigenvalue weighted by Crippen LogP contribution is 2.29. The molecule has 2 aliphatic heterocycles. The van der Waals surface area contributed by atoms with E-state index in [-0.39, 0.29) is 36.0 Å². The van der Waals surface area contributed by atoms with E-state index in [2.05, 4.69) is 6.92 Å². The van der Waals surface area contributed by atoms with Crippen molar-refractivity contribution >= 4 is 11.8 Å². The van der Waals surface area contributed by atoms with Crippen molar-refractivity contribution in [1.29, 1.82) is 0 Å². The van der Waals surface area contributed by atoms with Crippen LogP contribution in [0.25, 0.3) is 0 Å². The van der Waals surface area contributed by atoms with Crippen molar-refractivity contribution in [3.8, 4) is 0 Å². The number of ether oxygens (including phenoxy) is 2. The number of aliphatic hydroxyl groups excluding tert-OH is 3. The molecule has 0 aromatic carbocycles. The number of cyclic esters (lactones) is 1. The van der Waals surface area contributed by atoms with Gasteiger partial charge in [0.1, 0.15) is 11.9 Å². The minimum Gasteiger partial charge on any atom is -0.462 e. The molecule has 7 atom stereocenters. The van der Waals surface area contributed by atoms with Gasteiger partial charge in [0, 0.05) is 6.42 Å². The Morgan fingerprint density at radius 2 is 1.26 bits per heavy atom. The summed E-state index contributed by atoms with van der Waals surface area (Å²) < 4.78 is 11.4. The molecule has 2 fully saturated rings. The van der Waals surface area contributed by atoms with Gasteiger partial charge in [0.2, 0.25) is 0 Å². The Hall–Kier alpha value is -1.02. The number of ketones is 1. The number of rotatable bonds is 26. The highest BCUT2D eigenvalue weighted by atomic mass is 16.6. The maximum atomic E-state index is 11.8. The van der Waals surface area contributed by atoms with Crippen molar-refractivity contribution in [2.24, 2.45) is 5.92 Å². The molecule has 2 aliphatic rings. The van der Waals surface area contributed by atoms with Crippen LogP contribution in [0.4, 0.5) is 0 Å². The Morgan fingerprint density at radius 1 is 0.738 bits per heavy atom. The van der Waals surface area contributed by atoms with E-state index in [4.69, 9.17) is 9.47 Å².